The molecule has 9 heteroatoms. The van der Waals surface area contributed by atoms with Gasteiger partial charge in [0.05, 0.1) is 30.7 Å². The molecule has 0 atom stereocenters. The number of carbonyl (C=O) groups is 1. The standard InChI is InChI=1S/C28H29N5O4/c34-28(19-32-12-10-31(11-13-32)18-21-8-9-26-27(15-21)37-20-36-26)29-17-22-16-24(25-7-4-14-35-25)33(30-22)23-5-2-1-3-6-23/h1-9,14-16H,10-13,17-20H2,(H,29,34). The Kier molecular flexibility index (Phi) is 6.62. The van der Waals surface area contributed by atoms with Crippen molar-refractivity contribution in [3.63, 3.8) is 0 Å². The number of furan rings is 1. The Morgan fingerprint density at radius 2 is 1.70 bits per heavy atom. The van der Waals surface area contributed by atoms with Gasteiger partial charge in [0.15, 0.2) is 17.3 Å². The topological polar surface area (TPSA) is 85.0 Å². The second-order valence-corrected chi connectivity index (χ2v) is 9.26. The zero-order valence-corrected chi connectivity index (χ0v) is 20.5. The van der Waals surface area contributed by atoms with E-state index in [1.165, 1.54) is 5.56 Å². The lowest BCUT2D eigenvalue weighted by Crippen LogP contribution is -2.49. The highest BCUT2D eigenvalue weighted by atomic mass is 16.7. The number of benzene rings is 2. The van der Waals surface area contributed by atoms with Crippen molar-refractivity contribution in [2.24, 2.45) is 0 Å². The molecule has 1 N–H and O–H groups in total. The first-order valence-electron chi connectivity index (χ1n) is 12.5. The van der Waals surface area contributed by atoms with Gasteiger partial charge in [-0.25, -0.2) is 4.68 Å². The summed E-state index contributed by atoms with van der Waals surface area (Å²) in [6, 6.07) is 21.7. The van der Waals surface area contributed by atoms with E-state index in [1.54, 1.807) is 6.26 Å². The van der Waals surface area contributed by atoms with Crippen LogP contribution in [0.5, 0.6) is 11.5 Å². The molecule has 1 fully saturated rings. The number of nitrogens with one attached hydrogen (secondary N) is 1. The van der Waals surface area contributed by atoms with Gasteiger partial charge in [-0.2, -0.15) is 5.10 Å². The summed E-state index contributed by atoms with van der Waals surface area (Å²) in [7, 11) is 0. The molecule has 6 rings (SSSR count). The van der Waals surface area contributed by atoms with Crippen molar-refractivity contribution in [1.29, 1.82) is 0 Å². The van der Waals surface area contributed by atoms with Crippen molar-refractivity contribution in [3.05, 3.63) is 84.3 Å². The molecular formula is C28H29N5O4. The minimum absolute atomic E-state index is 0.00182. The summed E-state index contributed by atoms with van der Waals surface area (Å²) >= 11 is 0. The molecule has 0 unspecified atom stereocenters. The number of nitrogens with zero attached hydrogens (tertiary/aromatic N) is 4. The van der Waals surface area contributed by atoms with Crippen LogP contribution in [0.15, 0.2) is 77.4 Å². The summed E-state index contributed by atoms with van der Waals surface area (Å²) in [6.45, 7) is 5.41. The van der Waals surface area contributed by atoms with Gasteiger partial charge in [-0.3, -0.25) is 14.6 Å². The van der Waals surface area contributed by atoms with Crippen LogP contribution in [0.1, 0.15) is 11.3 Å². The van der Waals surface area contributed by atoms with Crippen LogP contribution in [0.3, 0.4) is 0 Å². The zero-order chi connectivity index (χ0) is 25.0. The van der Waals surface area contributed by atoms with Gasteiger partial charge in [0.2, 0.25) is 12.7 Å². The van der Waals surface area contributed by atoms with Gasteiger partial charge in [0, 0.05) is 32.7 Å². The van der Waals surface area contributed by atoms with Gasteiger partial charge in [-0.05, 0) is 48.0 Å². The Morgan fingerprint density at radius 1 is 0.892 bits per heavy atom. The van der Waals surface area contributed by atoms with Crippen LogP contribution in [0, 0.1) is 0 Å². The largest absolute Gasteiger partial charge is 0.463 e. The molecule has 9 nitrogen and oxygen atoms in total. The summed E-state index contributed by atoms with van der Waals surface area (Å²) in [5.41, 5.74) is 3.76. The lowest BCUT2D eigenvalue weighted by atomic mass is 10.1. The number of hydrogen-bond donors (Lipinski definition) is 1. The number of amides is 1. The highest BCUT2D eigenvalue weighted by molar-refractivity contribution is 5.78. The smallest absolute Gasteiger partial charge is 0.234 e. The van der Waals surface area contributed by atoms with Crippen LogP contribution in [0.4, 0.5) is 0 Å². The third-order valence-corrected chi connectivity index (χ3v) is 6.68. The summed E-state index contributed by atoms with van der Waals surface area (Å²) in [5.74, 6) is 2.35. The van der Waals surface area contributed by atoms with Gasteiger partial charge >= 0.3 is 0 Å². The van der Waals surface area contributed by atoms with Crippen LogP contribution >= 0.6 is 0 Å². The first-order valence-corrected chi connectivity index (χ1v) is 12.5. The predicted octanol–water partition coefficient (Wildman–Crippen LogP) is 3.30. The van der Waals surface area contributed by atoms with E-state index < -0.39 is 0 Å². The van der Waals surface area contributed by atoms with Crippen molar-refractivity contribution in [2.45, 2.75) is 13.1 Å². The molecule has 190 valence electrons. The molecule has 0 bridgehead atoms. The van der Waals surface area contributed by atoms with Crippen LogP contribution < -0.4 is 14.8 Å². The number of piperazine rings is 1. The summed E-state index contributed by atoms with van der Waals surface area (Å²) < 4.78 is 18.3. The fourth-order valence-electron chi connectivity index (χ4n) is 4.73. The zero-order valence-electron chi connectivity index (χ0n) is 20.5. The van der Waals surface area contributed by atoms with Crippen molar-refractivity contribution < 1.29 is 18.7 Å². The summed E-state index contributed by atoms with van der Waals surface area (Å²) in [6.07, 6.45) is 1.65. The molecule has 2 aliphatic heterocycles. The quantitative estimate of drug-likeness (QED) is 0.398. The van der Waals surface area contributed by atoms with Crippen molar-refractivity contribution >= 4 is 5.91 Å². The first-order chi connectivity index (χ1) is 18.2. The van der Waals surface area contributed by atoms with E-state index >= 15 is 0 Å². The minimum Gasteiger partial charge on any atom is -0.463 e. The minimum atomic E-state index is -0.00182. The van der Waals surface area contributed by atoms with E-state index in [2.05, 4.69) is 27.2 Å². The van der Waals surface area contributed by atoms with Crippen LogP contribution in [0.25, 0.3) is 17.1 Å². The molecular weight excluding hydrogens is 470 g/mol. The molecule has 2 aromatic carbocycles. The number of ether oxygens (including phenoxy) is 2. The Labute approximate surface area is 215 Å². The van der Waals surface area contributed by atoms with Gasteiger partial charge in [0.25, 0.3) is 0 Å². The average Bonchev–Trinajstić information content (AvgIpc) is 3.70. The fourth-order valence-corrected chi connectivity index (χ4v) is 4.73. The van der Waals surface area contributed by atoms with E-state index in [9.17, 15) is 4.79 Å². The number of aromatic nitrogens is 2. The van der Waals surface area contributed by atoms with Crippen molar-refractivity contribution in [1.82, 2.24) is 24.9 Å². The molecule has 4 aromatic rings. The molecule has 37 heavy (non-hydrogen) atoms. The van der Waals surface area contributed by atoms with Gasteiger partial charge in [0.1, 0.15) is 5.69 Å². The molecule has 1 saturated heterocycles. The van der Waals surface area contributed by atoms with E-state index in [0.29, 0.717) is 19.9 Å². The number of hydrogen-bond acceptors (Lipinski definition) is 7. The molecule has 0 saturated carbocycles. The Hall–Kier alpha value is -4.08. The first kappa shape index (κ1) is 23.3. The molecule has 0 aliphatic carbocycles. The highest BCUT2D eigenvalue weighted by Crippen LogP contribution is 2.33. The average molecular weight is 500 g/mol. The predicted molar refractivity (Wildman–Crippen MR) is 137 cm³/mol. The summed E-state index contributed by atoms with van der Waals surface area (Å²) in [5, 5.41) is 7.76. The maximum atomic E-state index is 12.7. The normalized spacial score (nSPS) is 15.7. The van der Waals surface area contributed by atoms with Crippen LogP contribution in [-0.4, -0.2) is 65.0 Å². The van der Waals surface area contributed by atoms with E-state index in [1.807, 2.05) is 59.3 Å². The van der Waals surface area contributed by atoms with Crippen LogP contribution in [0.2, 0.25) is 0 Å². The number of fused-ring (bicyclic) bond motifs is 1. The Bertz CT molecular complexity index is 1340. The van der Waals surface area contributed by atoms with Gasteiger partial charge in [-0.15, -0.1) is 0 Å². The lowest BCUT2D eigenvalue weighted by molar-refractivity contribution is -0.122. The van der Waals surface area contributed by atoms with E-state index in [-0.39, 0.29) is 5.91 Å². The molecule has 4 heterocycles. The summed E-state index contributed by atoms with van der Waals surface area (Å²) in [4.78, 5) is 17.3. The SMILES string of the molecule is O=C(CN1CCN(Cc2ccc3c(c2)OCO3)CC1)NCc1cc(-c2ccco2)n(-c2ccccc2)n1. The second kappa shape index (κ2) is 10.5. The van der Waals surface area contributed by atoms with Crippen molar-refractivity contribution in [3.8, 4) is 28.6 Å². The van der Waals surface area contributed by atoms with Crippen LogP contribution in [-0.2, 0) is 17.9 Å². The highest BCUT2D eigenvalue weighted by Gasteiger charge is 2.21. The molecule has 2 aliphatic rings. The maximum absolute atomic E-state index is 12.7. The third kappa shape index (κ3) is 5.37. The number of rotatable bonds is 8. The van der Waals surface area contributed by atoms with E-state index in [4.69, 9.17) is 19.0 Å². The Balaban J connectivity index is 1.01. The molecule has 2 aromatic heterocycles. The number of carbonyl (C=O) groups excluding carboxylic acids is 1. The number of para-hydroxylation sites is 1. The van der Waals surface area contributed by atoms with Gasteiger partial charge < -0.3 is 19.2 Å². The molecule has 0 spiro atoms. The third-order valence-electron chi connectivity index (χ3n) is 6.68. The van der Waals surface area contributed by atoms with Crippen molar-refractivity contribution in [2.75, 3.05) is 39.5 Å². The van der Waals surface area contributed by atoms with Gasteiger partial charge in [-0.1, -0.05) is 24.3 Å². The fraction of sp³-hybridized carbons (Fsp3) is 0.286. The Morgan fingerprint density at radius 3 is 2.51 bits per heavy atom. The lowest BCUT2D eigenvalue weighted by Gasteiger charge is -2.34. The second-order valence-electron chi connectivity index (χ2n) is 9.26. The maximum Gasteiger partial charge on any atom is 0.234 e. The van der Waals surface area contributed by atoms with E-state index in [0.717, 1.165) is 67.1 Å². The molecule has 0 radical (unpaired) electrons. The monoisotopic (exact) mass is 499 g/mol. The molecule has 1 amide bonds.